The Balaban J connectivity index is 1.65. The van der Waals surface area contributed by atoms with Gasteiger partial charge in [0, 0.05) is 13.1 Å². The molecule has 1 aliphatic rings. The number of nitrogens with one attached hydrogen (secondary N) is 2. The molecule has 1 aromatic heterocycles. The monoisotopic (exact) mass is 374 g/mol. The van der Waals surface area contributed by atoms with Crippen molar-refractivity contribution in [3.05, 3.63) is 30.1 Å². The number of aromatic nitrogens is 3. The Morgan fingerprint density at radius 1 is 1.15 bits per heavy atom. The summed E-state index contributed by atoms with van der Waals surface area (Å²) in [5.41, 5.74) is 0.569. The Hall–Kier alpha value is -3.14. The third kappa shape index (κ3) is 4.94. The zero-order valence-electron chi connectivity index (χ0n) is 15.3. The van der Waals surface area contributed by atoms with Crippen LogP contribution in [0, 0.1) is 0 Å². The summed E-state index contributed by atoms with van der Waals surface area (Å²) in [7, 11) is 3.03. The quantitative estimate of drug-likeness (QED) is 0.772. The molecule has 0 unspecified atom stereocenters. The third-order valence-electron chi connectivity index (χ3n) is 3.89. The lowest BCUT2D eigenvalue weighted by Crippen LogP contribution is -2.38. The van der Waals surface area contributed by atoms with Gasteiger partial charge >= 0.3 is 12.0 Å². The number of urea groups is 1. The van der Waals surface area contributed by atoms with E-state index in [1.807, 2.05) is 17.0 Å². The van der Waals surface area contributed by atoms with E-state index >= 15 is 0 Å². The fourth-order valence-electron chi connectivity index (χ4n) is 2.54. The molecule has 0 spiro atoms. The van der Waals surface area contributed by atoms with Crippen molar-refractivity contribution in [1.82, 2.24) is 20.3 Å². The highest BCUT2D eigenvalue weighted by Crippen LogP contribution is 2.22. The smallest absolute Gasteiger partial charge is 0.321 e. The van der Waals surface area contributed by atoms with E-state index in [1.165, 1.54) is 7.11 Å². The number of amides is 2. The van der Waals surface area contributed by atoms with Crippen LogP contribution >= 0.6 is 0 Å². The number of morpholine rings is 1. The molecule has 2 N–H and O–H groups in total. The van der Waals surface area contributed by atoms with Gasteiger partial charge in [-0.15, -0.1) is 0 Å². The summed E-state index contributed by atoms with van der Waals surface area (Å²) in [5, 5.41) is 5.46. The van der Waals surface area contributed by atoms with Crippen molar-refractivity contribution in [2.24, 2.45) is 0 Å². The lowest BCUT2D eigenvalue weighted by atomic mass is 10.3. The predicted octanol–water partition coefficient (Wildman–Crippen LogP) is 1.05. The fourth-order valence-corrected chi connectivity index (χ4v) is 2.54. The first-order valence-electron chi connectivity index (χ1n) is 8.49. The number of hydrogen-bond donors (Lipinski definition) is 2. The number of methoxy groups -OCH3 is 2. The second kappa shape index (κ2) is 8.99. The summed E-state index contributed by atoms with van der Waals surface area (Å²) < 4.78 is 15.7. The topological polar surface area (TPSA) is 111 Å². The number of benzene rings is 1. The summed E-state index contributed by atoms with van der Waals surface area (Å²) >= 11 is 0. The van der Waals surface area contributed by atoms with Gasteiger partial charge in [-0.1, -0.05) is 12.1 Å². The van der Waals surface area contributed by atoms with Crippen molar-refractivity contribution in [3.63, 3.8) is 0 Å². The van der Waals surface area contributed by atoms with Gasteiger partial charge in [-0.2, -0.15) is 15.0 Å². The zero-order valence-corrected chi connectivity index (χ0v) is 15.3. The van der Waals surface area contributed by atoms with Crippen molar-refractivity contribution < 1.29 is 19.0 Å². The molecule has 3 rings (SSSR count). The van der Waals surface area contributed by atoms with Gasteiger partial charge in [0.25, 0.3) is 0 Å². The molecule has 0 atom stereocenters. The summed E-state index contributed by atoms with van der Waals surface area (Å²) in [6, 6.07) is 6.96. The van der Waals surface area contributed by atoms with E-state index in [-0.39, 0.29) is 12.6 Å². The summed E-state index contributed by atoms with van der Waals surface area (Å²) in [4.78, 5) is 27.1. The molecule has 10 nitrogen and oxygen atoms in total. The normalized spacial score (nSPS) is 13.8. The number of anilines is 2. The average molecular weight is 374 g/mol. The minimum atomic E-state index is -0.396. The van der Waals surface area contributed by atoms with Gasteiger partial charge in [0.15, 0.2) is 5.82 Å². The van der Waals surface area contributed by atoms with Crippen LogP contribution < -0.4 is 25.0 Å². The van der Waals surface area contributed by atoms with E-state index in [1.54, 1.807) is 19.2 Å². The molecule has 0 radical (unpaired) electrons. The molecule has 0 saturated carbocycles. The molecular formula is C17H22N6O4. The van der Waals surface area contributed by atoms with Crippen LogP contribution in [-0.2, 0) is 11.3 Å². The largest absolute Gasteiger partial charge is 0.495 e. The third-order valence-corrected chi connectivity index (χ3v) is 3.89. The number of carbonyl (C=O) groups is 1. The molecule has 1 aromatic carbocycles. The van der Waals surface area contributed by atoms with Crippen LogP contribution in [0.25, 0.3) is 0 Å². The van der Waals surface area contributed by atoms with Crippen molar-refractivity contribution in [2.45, 2.75) is 6.54 Å². The van der Waals surface area contributed by atoms with Gasteiger partial charge in [0.1, 0.15) is 5.75 Å². The molecule has 144 valence electrons. The van der Waals surface area contributed by atoms with Gasteiger partial charge < -0.3 is 29.7 Å². The molecule has 0 aliphatic carbocycles. The Bertz CT molecular complexity index is 782. The first kappa shape index (κ1) is 18.6. The Morgan fingerprint density at radius 2 is 1.93 bits per heavy atom. The molecule has 2 aromatic rings. The van der Waals surface area contributed by atoms with Crippen LogP contribution in [0.15, 0.2) is 24.3 Å². The lowest BCUT2D eigenvalue weighted by Gasteiger charge is -2.26. The summed E-state index contributed by atoms with van der Waals surface area (Å²) in [5.74, 6) is 1.48. The summed E-state index contributed by atoms with van der Waals surface area (Å²) in [6.45, 7) is 2.73. The highest BCUT2D eigenvalue weighted by molar-refractivity contribution is 5.90. The van der Waals surface area contributed by atoms with Crippen LogP contribution in [-0.4, -0.2) is 61.5 Å². The minimum Gasteiger partial charge on any atom is -0.495 e. The maximum atomic E-state index is 12.2. The first-order chi connectivity index (χ1) is 13.2. The second-order valence-corrected chi connectivity index (χ2v) is 5.65. The van der Waals surface area contributed by atoms with E-state index in [2.05, 4.69) is 25.6 Å². The second-order valence-electron chi connectivity index (χ2n) is 5.65. The molecule has 1 saturated heterocycles. The summed E-state index contributed by atoms with van der Waals surface area (Å²) in [6.07, 6.45) is 0. The standard InChI is InChI=1S/C17H22N6O4/c1-25-13-6-4-3-5-12(13)19-16(24)18-11-14-20-15(22-17(21-14)26-2)23-7-9-27-10-8-23/h3-6H,7-11H2,1-2H3,(H2,18,19,24). The Kier molecular flexibility index (Phi) is 6.21. The fraction of sp³-hybridized carbons (Fsp3) is 0.412. The number of carbonyl (C=O) groups excluding carboxylic acids is 1. The predicted molar refractivity (Wildman–Crippen MR) is 98.3 cm³/mol. The van der Waals surface area contributed by atoms with Crippen LogP contribution in [0.2, 0.25) is 0 Å². The number of ether oxygens (including phenoxy) is 3. The molecule has 27 heavy (non-hydrogen) atoms. The maximum Gasteiger partial charge on any atom is 0.321 e. The molecule has 10 heteroatoms. The maximum absolute atomic E-state index is 12.2. The molecule has 0 bridgehead atoms. The lowest BCUT2D eigenvalue weighted by molar-refractivity contribution is 0.122. The van der Waals surface area contributed by atoms with Crippen molar-refractivity contribution in [3.8, 4) is 11.8 Å². The van der Waals surface area contributed by atoms with E-state index in [0.29, 0.717) is 49.5 Å². The van der Waals surface area contributed by atoms with Gasteiger partial charge in [-0.25, -0.2) is 4.79 Å². The molecule has 2 heterocycles. The zero-order chi connectivity index (χ0) is 19.1. The molecule has 1 aliphatic heterocycles. The van der Waals surface area contributed by atoms with Gasteiger partial charge in [-0.3, -0.25) is 0 Å². The van der Waals surface area contributed by atoms with E-state index < -0.39 is 6.03 Å². The Morgan fingerprint density at radius 3 is 2.67 bits per heavy atom. The van der Waals surface area contributed by atoms with Crippen molar-refractivity contribution in [1.29, 1.82) is 0 Å². The van der Waals surface area contributed by atoms with Gasteiger partial charge in [0.05, 0.1) is 39.7 Å². The molecular weight excluding hydrogens is 352 g/mol. The van der Waals surface area contributed by atoms with Crippen LogP contribution in [0.4, 0.5) is 16.4 Å². The van der Waals surface area contributed by atoms with E-state index in [4.69, 9.17) is 14.2 Å². The molecule has 2 amide bonds. The van der Waals surface area contributed by atoms with Crippen LogP contribution in [0.1, 0.15) is 5.82 Å². The Labute approximate surface area is 156 Å². The first-order valence-corrected chi connectivity index (χ1v) is 8.49. The van der Waals surface area contributed by atoms with Crippen molar-refractivity contribution >= 4 is 17.7 Å². The van der Waals surface area contributed by atoms with Crippen LogP contribution in [0.3, 0.4) is 0 Å². The number of para-hydroxylation sites is 2. The van der Waals surface area contributed by atoms with Gasteiger partial charge in [0.2, 0.25) is 5.95 Å². The highest BCUT2D eigenvalue weighted by atomic mass is 16.5. The van der Waals surface area contributed by atoms with Gasteiger partial charge in [-0.05, 0) is 12.1 Å². The minimum absolute atomic E-state index is 0.122. The van der Waals surface area contributed by atoms with Crippen molar-refractivity contribution in [2.75, 3.05) is 50.7 Å². The number of rotatable bonds is 6. The van der Waals surface area contributed by atoms with E-state index in [9.17, 15) is 4.79 Å². The van der Waals surface area contributed by atoms with Crippen LogP contribution in [0.5, 0.6) is 11.8 Å². The number of nitrogens with zero attached hydrogens (tertiary/aromatic N) is 4. The molecule has 1 fully saturated rings. The highest BCUT2D eigenvalue weighted by Gasteiger charge is 2.17. The SMILES string of the molecule is COc1nc(CNC(=O)Nc2ccccc2OC)nc(N2CCOCC2)n1. The van der Waals surface area contributed by atoms with E-state index in [0.717, 1.165) is 0 Å². The average Bonchev–Trinajstić information content (AvgIpc) is 2.73. The number of hydrogen-bond acceptors (Lipinski definition) is 8.